The van der Waals surface area contributed by atoms with Crippen LogP contribution in [0.1, 0.15) is 29.3 Å². The fraction of sp³-hybridized carbons (Fsp3) is 0.385. The molecule has 0 fully saturated rings. The number of nitrogens with zero attached hydrogens (tertiary/aromatic N) is 2. The lowest BCUT2D eigenvalue weighted by Gasteiger charge is -2.12. The minimum atomic E-state index is 0.388. The Morgan fingerprint density at radius 3 is 2.76 bits per heavy atom. The molecule has 0 aliphatic rings. The molecule has 1 heterocycles. The van der Waals surface area contributed by atoms with E-state index in [0.717, 1.165) is 12.8 Å². The van der Waals surface area contributed by atoms with Crippen molar-refractivity contribution in [3.8, 4) is 0 Å². The summed E-state index contributed by atoms with van der Waals surface area (Å²) in [7, 11) is 1.99. The van der Waals surface area contributed by atoms with Gasteiger partial charge in [-0.2, -0.15) is 0 Å². The zero-order valence-corrected chi connectivity index (χ0v) is 10.8. The van der Waals surface area contributed by atoms with Crippen LogP contribution in [0, 0.1) is 0 Å². The molecule has 0 bridgehead atoms. The van der Waals surface area contributed by atoms with Crippen LogP contribution in [-0.2, 0) is 6.42 Å². The molecule has 2 aromatic rings. The average Bonchev–Trinajstić information content (AvgIpc) is 2.90. The van der Waals surface area contributed by atoms with Crippen LogP contribution in [0.3, 0.4) is 0 Å². The summed E-state index contributed by atoms with van der Waals surface area (Å²) < 4.78 is 3.91. The van der Waals surface area contributed by atoms with Gasteiger partial charge in [-0.05, 0) is 43.4 Å². The zero-order chi connectivity index (χ0) is 11.9. The monoisotopic (exact) mass is 247 g/mol. The summed E-state index contributed by atoms with van der Waals surface area (Å²) in [5.41, 5.74) is 1.41. The van der Waals surface area contributed by atoms with Crippen LogP contribution in [-0.4, -0.2) is 16.6 Å². The molecule has 1 atom stereocenters. The topological polar surface area (TPSA) is 37.8 Å². The van der Waals surface area contributed by atoms with Crippen molar-refractivity contribution in [2.45, 2.75) is 25.3 Å². The maximum atomic E-state index is 3.91. The molecule has 1 N–H and O–H groups in total. The van der Waals surface area contributed by atoms with E-state index in [4.69, 9.17) is 0 Å². The number of rotatable bonds is 6. The highest BCUT2D eigenvalue weighted by Crippen LogP contribution is 2.21. The predicted octanol–water partition coefficient (Wildman–Crippen LogP) is 2.82. The van der Waals surface area contributed by atoms with E-state index in [9.17, 15) is 0 Å². The number of nitrogens with one attached hydrogen (secondary N) is 1. The first kappa shape index (κ1) is 12.2. The van der Waals surface area contributed by atoms with Gasteiger partial charge in [0.2, 0.25) is 0 Å². The number of aryl methyl sites for hydroxylation is 1. The fourth-order valence-corrected chi connectivity index (χ4v) is 2.56. The Balaban J connectivity index is 1.81. The maximum Gasteiger partial charge on any atom is 0.0669 e. The molecular formula is C13H17N3S. The Labute approximate surface area is 106 Å². The Kier molecular flexibility index (Phi) is 4.64. The second-order valence-corrected chi connectivity index (χ2v) is 4.86. The summed E-state index contributed by atoms with van der Waals surface area (Å²) in [6, 6.07) is 11.0. The van der Waals surface area contributed by atoms with Gasteiger partial charge in [-0.1, -0.05) is 34.8 Å². The lowest BCUT2D eigenvalue weighted by Crippen LogP contribution is -2.15. The van der Waals surface area contributed by atoms with E-state index in [1.165, 1.54) is 28.4 Å². The van der Waals surface area contributed by atoms with Crippen molar-refractivity contribution < 1.29 is 0 Å². The average molecular weight is 247 g/mol. The maximum absolute atomic E-state index is 3.91. The van der Waals surface area contributed by atoms with Crippen molar-refractivity contribution in [1.29, 1.82) is 0 Å². The fourth-order valence-electron chi connectivity index (χ4n) is 1.91. The normalized spacial score (nSPS) is 12.5. The van der Waals surface area contributed by atoms with Crippen LogP contribution >= 0.6 is 11.5 Å². The van der Waals surface area contributed by atoms with Gasteiger partial charge in [0.15, 0.2) is 0 Å². The van der Waals surface area contributed by atoms with Crippen molar-refractivity contribution in [3.63, 3.8) is 0 Å². The van der Waals surface area contributed by atoms with Crippen molar-refractivity contribution >= 4 is 11.5 Å². The van der Waals surface area contributed by atoms with Gasteiger partial charge in [0.05, 0.1) is 11.1 Å². The third-order valence-electron chi connectivity index (χ3n) is 2.87. The van der Waals surface area contributed by atoms with Crippen LogP contribution < -0.4 is 5.32 Å². The van der Waals surface area contributed by atoms with Gasteiger partial charge in [0, 0.05) is 6.04 Å². The number of benzene rings is 1. The summed E-state index contributed by atoms with van der Waals surface area (Å²) in [4.78, 5) is 1.22. The molecule has 1 aromatic heterocycles. The minimum Gasteiger partial charge on any atom is -0.312 e. The molecule has 4 heteroatoms. The van der Waals surface area contributed by atoms with Crippen molar-refractivity contribution in [2.75, 3.05) is 7.05 Å². The van der Waals surface area contributed by atoms with E-state index in [1.54, 1.807) is 0 Å². The molecule has 0 aliphatic heterocycles. The predicted molar refractivity (Wildman–Crippen MR) is 71.1 cm³/mol. The molecule has 1 unspecified atom stereocenters. The molecule has 1 aromatic carbocycles. The van der Waals surface area contributed by atoms with E-state index in [-0.39, 0.29) is 0 Å². The summed E-state index contributed by atoms with van der Waals surface area (Å²) in [6.07, 6.45) is 5.28. The van der Waals surface area contributed by atoms with E-state index in [2.05, 4.69) is 45.2 Å². The molecule has 2 rings (SSSR count). The molecular weight excluding hydrogens is 230 g/mol. The third-order valence-corrected chi connectivity index (χ3v) is 3.65. The van der Waals surface area contributed by atoms with Crippen LogP contribution in [0.15, 0.2) is 36.5 Å². The highest BCUT2D eigenvalue weighted by Gasteiger charge is 2.10. The van der Waals surface area contributed by atoms with Gasteiger partial charge in [-0.3, -0.25) is 0 Å². The number of hydrogen-bond donors (Lipinski definition) is 1. The quantitative estimate of drug-likeness (QED) is 0.853. The third kappa shape index (κ3) is 3.61. The molecule has 90 valence electrons. The lowest BCUT2D eigenvalue weighted by molar-refractivity contribution is 0.534. The molecule has 0 amide bonds. The first-order chi connectivity index (χ1) is 8.40. The Morgan fingerprint density at radius 2 is 2.12 bits per heavy atom. The number of hydrogen-bond acceptors (Lipinski definition) is 4. The molecule has 0 saturated heterocycles. The summed E-state index contributed by atoms with van der Waals surface area (Å²) in [6.45, 7) is 0. The molecule has 0 radical (unpaired) electrons. The second kappa shape index (κ2) is 6.47. The summed E-state index contributed by atoms with van der Waals surface area (Å²) >= 11 is 1.48. The van der Waals surface area contributed by atoms with Gasteiger partial charge in [0.25, 0.3) is 0 Å². The molecule has 17 heavy (non-hydrogen) atoms. The summed E-state index contributed by atoms with van der Waals surface area (Å²) in [5.74, 6) is 0. The molecule has 0 spiro atoms. The SMILES string of the molecule is CNC(CCCc1ccccc1)c1cnns1. The van der Waals surface area contributed by atoms with Gasteiger partial charge >= 0.3 is 0 Å². The van der Waals surface area contributed by atoms with Crippen molar-refractivity contribution in [1.82, 2.24) is 14.9 Å². The Hall–Kier alpha value is -1.26. The highest BCUT2D eigenvalue weighted by molar-refractivity contribution is 7.05. The Bertz CT molecular complexity index is 413. The van der Waals surface area contributed by atoms with Crippen LogP contribution in [0.2, 0.25) is 0 Å². The highest BCUT2D eigenvalue weighted by atomic mass is 32.1. The van der Waals surface area contributed by atoms with E-state index in [0.29, 0.717) is 6.04 Å². The first-order valence-corrected chi connectivity index (χ1v) is 6.66. The second-order valence-electron chi connectivity index (χ2n) is 4.04. The lowest BCUT2D eigenvalue weighted by atomic mass is 10.0. The van der Waals surface area contributed by atoms with Crippen LogP contribution in [0.4, 0.5) is 0 Å². The van der Waals surface area contributed by atoms with E-state index in [1.807, 2.05) is 13.2 Å². The van der Waals surface area contributed by atoms with Gasteiger partial charge in [0.1, 0.15) is 0 Å². The van der Waals surface area contributed by atoms with E-state index < -0.39 is 0 Å². The molecule has 0 aliphatic carbocycles. The largest absolute Gasteiger partial charge is 0.312 e. The minimum absolute atomic E-state index is 0.388. The van der Waals surface area contributed by atoms with Gasteiger partial charge in [-0.15, -0.1) is 5.10 Å². The van der Waals surface area contributed by atoms with Crippen LogP contribution in [0.25, 0.3) is 0 Å². The zero-order valence-electron chi connectivity index (χ0n) is 9.97. The summed E-state index contributed by atoms with van der Waals surface area (Å²) in [5, 5.41) is 7.21. The van der Waals surface area contributed by atoms with Crippen molar-refractivity contribution in [3.05, 3.63) is 47.0 Å². The molecule has 0 saturated carbocycles. The smallest absolute Gasteiger partial charge is 0.0669 e. The molecule has 3 nitrogen and oxygen atoms in total. The standard InChI is InChI=1S/C13H17N3S/c1-14-12(13-10-15-16-17-13)9-5-8-11-6-3-2-4-7-11/h2-4,6-7,10,12,14H,5,8-9H2,1H3. The van der Waals surface area contributed by atoms with Crippen LogP contribution in [0.5, 0.6) is 0 Å². The number of aromatic nitrogens is 2. The Morgan fingerprint density at radius 1 is 1.29 bits per heavy atom. The van der Waals surface area contributed by atoms with E-state index >= 15 is 0 Å². The first-order valence-electron chi connectivity index (χ1n) is 5.88. The van der Waals surface area contributed by atoms with Crippen molar-refractivity contribution in [2.24, 2.45) is 0 Å². The van der Waals surface area contributed by atoms with Gasteiger partial charge in [-0.25, -0.2) is 0 Å². The van der Waals surface area contributed by atoms with Gasteiger partial charge < -0.3 is 5.32 Å².